The predicted octanol–water partition coefficient (Wildman–Crippen LogP) is 2.70. The van der Waals surface area contributed by atoms with Gasteiger partial charge in [0.05, 0.1) is 6.54 Å². The highest BCUT2D eigenvalue weighted by molar-refractivity contribution is 5.97. The van der Waals surface area contributed by atoms with Crippen molar-refractivity contribution in [2.75, 3.05) is 19.6 Å². The van der Waals surface area contributed by atoms with Crippen LogP contribution in [0.1, 0.15) is 37.0 Å². The van der Waals surface area contributed by atoms with Crippen molar-refractivity contribution < 1.29 is 9.90 Å². The summed E-state index contributed by atoms with van der Waals surface area (Å²) in [6.45, 7) is 7.05. The molecule has 3 nitrogen and oxygen atoms in total. The molecule has 1 N–H and O–H groups in total. The summed E-state index contributed by atoms with van der Waals surface area (Å²) in [7, 11) is 0. The molecule has 18 heavy (non-hydrogen) atoms. The van der Waals surface area contributed by atoms with E-state index in [1.54, 1.807) is 24.3 Å². The Kier molecular flexibility index (Phi) is 3.71. The Morgan fingerprint density at radius 2 is 1.78 bits per heavy atom. The second kappa shape index (κ2) is 5.11. The summed E-state index contributed by atoms with van der Waals surface area (Å²) < 4.78 is 0. The van der Waals surface area contributed by atoms with E-state index in [1.165, 1.54) is 0 Å². The summed E-state index contributed by atoms with van der Waals surface area (Å²) in [5, 5.41) is 9.20. The minimum atomic E-state index is 0.134. The van der Waals surface area contributed by atoms with Gasteiger partial charge in [-0.2, -0.15) is 0 Å². The maximum Gasteiger partial charge on any atom is 0.176 e. The van der Waals surface area contributed by atoms with Crippen LogP contribution in [0.3, 0.4) is 0 Å². The fourth-order valence-corrected chi connectivity index (χ4v) is 2.26. The smallest absolute Gasteiger partial charge is 0.176 e. The molecule has 0 spiro atoms. The highest BCUT2D eigenvalue weighted by Crippen LogP contribution is 2.29. The first-order valence-corrected chi connectivity index (χ1v) is 6.51. The molecule has 0 atom stereocenters. The molecule has 98 valence electrons. The first-order valence-electron chi connectivity index (χ1n) is 6.51. The van der Waals surface area contributed by atoms with Gasteiger partial charge in [0.25, 0.3) is 0 Å². The number of hydrogen-bond acceptors (Lipinski definition) is 3. The number of benzene rings is 1. The van der Waals surface area contributed by atoms with Crippen LogP contribution in [0.15, 0.2) is 24.3 Å². The topological polar surface area (TPSA) is 40.5 Å². The van der Waals surface area contributed by atoms with Gasteiger partial charge in [0.15, 0.2) is 5.78 Å². The molecule has 0 amide bonds. The summed E-state index contributed by atoms with van der Waals surface area (Å²) >= 11 is 0. The van der Waals surface area contributed by atoms with Crippen LogP contribution >= 0.6 is 0 Å². The van der Waals surface area contributed by atoms with Gasteiger partial charge >= 0.3 is 0 Å². The fourth-order valence-electron chi connectivity index (χ4n) is 2.26. The standard InChI is InChI=1S/C15H21NO2/c1-15(2)7-9-16(10-8-15)11-14(18)12-3-5-13(17)6-4-12/h3-6,17H,7-11H2,1-2H3. The maximum atomic E-state index is 12.1. The summed E-state index contributed by atoms with van der Waals surface area (Å²) in [5.41, 5.74) is 1.09. The Morgan fingerprint density at radius 1 is 1.22 bits per heavy atom. The van der Waals surface area contributed by atoms with Crippen molar-refractivity contribution in [2.45, 2.75) is 26.7 Å². The number of aromatic hydroxyl groups is 1. The number of likely N-dealkylation sites (tertiary alicyclic amines) is 1. The molecule has 0 aromatic heterocycles. The summed E-state index contributed by atoms with van der Waals surface area (Å²) in [6, 6.07) is 6.50. The van der Waals surface area contributed by atoms with Gasteiger partial charge in [-0.3, -0.25) is 9.69 Å². The van der Waals surface area contributed by atoms with Crippen molar-refractivity contribution in [3.05, 3.63) is 29.8 Å². The van der Waals surface area contributed by atoms with Crippen molar-refractivity contribution in [3.63, 3.8) is 0 Å². The lowest BCUT2D eigenvalue weighted by Crippen LogP contribution is -2.40. The normalized spacial score (nSPS) is 19.7. The van der Waals surface area contributed by atoms with E-state index >= 15 is 0 Å². The van der Waals surface area contributed by atoms with Gasteiger partial charge in [-0.15, -0.1) is 0 Å². The average Bonchev–Trinajstić information content (AvgIpc) is 2.33. The summed E-state index contributed by atoms with van der Waals surface area (Å²) in [4.78, 5) is 14.3. The number of phenols is 1. The second-order valence-electron chi connectivity index (χ2n) is 5.91. The van der Waals surface area contributed by atoms with Crippen LogP contribution < -0.4 is 0 Å². The molecular formula is C15H21NO2. The predicted molar refractivity (Wildman–Crippen MR) is 71.9 cm³/mol. The number of carbonyl (C=O) groups is 1. The van der Waals surface area contributed by atoms with E-state index < -0.39 is 0 Å². The lowest BCUT2D eigenvalue weighted by Gasteiger charge is -2.36. The molecule has 1 saturated heterocycles. The third kappa shape index (κ3) is 3.33. The van der Waals surface area contributed by atoms with Crippen LogP contribution in [0.4, 0.5) is 0 Å². The first kappa shape index (κ1) is 13.1. The second-order valence-corrected chi connectivity index (χ2v) is 5.91. The molecule has 1 aromatic rings. The van der Waals surface area contributed by atoms with Crippen molar-refractivity contribution in [2.24, 2.45) is 5.41 Å². The van der Waals surface area contributed by atoms with Crippen molar-refractivity contribution in [3.8, 4) is 5.75 Å². The maximum absolute atomic E-state index is 12.1. The number of phenolic OH excluding ortho intramolecular Hbond substituents is 1. The molecule has 0 aliphatic carbocycles. The van der Waals surface area contributed by atoms with Crippen molar-refractivity contribution >= 4 is 5.78 Å². The van der Waals surface area contributed by atoms with Crippen LogP contribution in [0.2, 0.25) is 0 Å². The molecule has 0 saturated carbocycles. The zero-order valence-electron chi connectivity index (χ0n) is 11.1. The Bertz CT molecular complexity index is 413. The zero-order chi connectivity index (χ0) is 13.2. The fraction of sp³-hybridized carbons (Fsp3) is 0.533. The van der Waals surface area contributed by atoms with Gasteiger partial charge in [-0.25, -0.2) is 0 Å². The molecular weight excluding hydrogens is 226 g/mol. The van der Waals surface area contributed by atoms with Crippen LogP contribution in [0.5, 0.6) is 5.75 Å². The molecule has 1 aromatic carbocycles. The average molecular weight is 247 g/mol. The van der Waals surface area contributed by atoms with E-state index in [0.717, 1.165) is 25.9 Å². The highest BCUT2D eigenvalue weighted by Gasteiger charge is 2.26. The van der Waals surface area contributed by atoms with Gasteiger partial charge in [0, 0.05) is 5.56 Å². The van der Waals surface area contributed by atoms with Gasteiger partial charge in [-0.1, -0.05) is 13.8 Å². The number of Topliss-reactive ketones (excluding diaryl/α,β-unsaturated/α-hetero) is 1. The Labute approximate surface area is 108 Å². The van der Waals surface area contributed by atoms with Crippen molar-refractivity contribution in [1.29, 1.82) is 0 Å². The number of hydrogen-bond donors (Lipinski definition) is 1. The number of nitrogens with zero attached hydrogens (tertiary/aromatic N) is 1. The third-order valence-corrected chi connectivity index (χ3v) is 3.77. The molecule has 0 radical (unpaired) electrons. The van der Waals surface area contributed by atoms with E-state index in [1.807, 2.05) is 0 Å². The van der Waals surface area contributed by atoms with E-state index in [9.17, 15) is 9.90 Å². The molecule has 0 unspecified atom stereocenters. The van der Waals surface area contributed by atoms with Gasteiger partial charge in [0.2, 0.25) is 0 Å². The largest absolute Gasteiger partial charge is 0.508 e. The number of ketones is 1. The Morgan fingerprint density at radius 3 is 2.33 bits per heavy atom. The number of carbonyl (C=O) groups excluding carboxylic acids is 1. The Hall–Kier alpha value is -1.35. The van der Waals surface area contributed by atoms with Gasteiger partial charge in [-0.05, 0) is 55.6 Å². The molecule has 1 heterocycles. The van der Waals surface area contributed by atoms with E-state index in [-0.39, 0.29) is 11.5 Å². The SMILES string of the molecule is CC1(C)CCN(CC(=O)c2ccc(O)cc2)CC1. The molecule has 1 aliphatic heterocycles. The van der Waals surface area contributed by atoms with Crippen molar-refractivity contribution in [1.82, 2.24) is 4.90 Å². The minimum Gasteiger partial charge on any atom is -0.508 e. The zero-order valence-corrected chi connectivity index (χ0v) is 11.1. The van der Waals surface area contributed by atoms with Crippen LogP contribution in [-0.4, -0.2) is 35.4 Å². The molecule has 1 fully saturated rings. The lowest BCUT2D eigenvalue weighted by atomic mass is 9.82. The minimum absolute atomic E-state index is 0.134. The number of rotatable bonds is 3. The van der Waals surface area contributed by atoms with Crippen LogP contribution in [-0.2, 0) is 0 Å². The molecule has 3 heteroatoms. The number of piperidine rings is 1. The first-order chi connectivity index (χ1) is 8.46. The monoisotopic (exact) mass is 247 g/mol. The third-order valence-electron chi connectivity index (χ3n) is 3.77. The van der Waals surface area contributed by atoms with E-state index in [2.05, 4.69) is 18.7 Å². The van der Waals surface area contributed by atoms with Crippen LogP contribution in [0.25, 0.3) is 0 Å². The van der Waals surface area contributed by atoms with Gasteiger partial charge < -0.3 is 5.11 Å². The van der Waals surface area contributed by atoms with E-state index in [0.29, 0.717) is 17.5 Å². The van der Waals surface area contributed by atoms with Crippen LogP contribution in [0, 0.1) is 5.41 Å². The molecule has 0 bridgehead atoms. The Balaban J connectivity index is 1.90. The summed E-state index contributed by atoms with van der Waals surface area (Å²) in [6.07, 6.45) is 2.30. The molecule has 2 rings (SSSR count). The summed E-state index contributed by atoms with van der Waals surface area (Å²) in [5.74, 6) is 0.334. The van der Waals surface area contributed by atoms with E-state index in [4.69, 9.17) is 0 Å². The highest BCUT2D eigenvalue weighted by atomic mass is 16.3. The van der Waals surface area contributed by atoms with Gasteiger partial charge in [0.1, 0.15) is 5.75 Å². The molecule has 1 aliphatic rings. The lowest BCUT2D eigenvalue weighted by molar-refractivity contribution is 0.0845. The quantitative estimate of drug-likeness (QED) is 0.835.